The highest BCUT2D eigenvalue weighted by Crippen LogP contribution is 2.36. The van der Waals surface area contributed by atoms with Crippen LogP contribution in [0.1, 0.15) is 24.6 Å². The second kappa shape index (κ2) is 7.30. The molecule has 2 aromatic heterocycles. The van der Waals surface area contributed by atoms with Crippen molar-refractivity contribution in [3.63, 3.8) is 0 Å². The van der Waals surface area contributed by atoms with E-state index in [1.807, 2.05) is 30.3 Å². The van der Waals surface area contributed by atoms with Gasteiger partial charge in [-0.15, -0.1) is 0 Å². The number of likely N-dealkylation sites (tertiary alicyclic amines) is 1. The lowest BCUT2D eigenvalue weighted by molar-refractivity contribution is -0.109. The highest BCUT2D eigenvalue weighted by molar-refractivity contribution is 5.81. The average molecular weight is 349 g/mol. The lowest BCUT2D eigenvalue weighted by Gasteiger charge is -2.29. The zero-order chi connectivity index (χ0) is 17.9. The molecule has 1 saturated heterocycles. The molecule has 0 radical (unpaired) electrons. The summed E-state index contributed by atoms with van der Waals surface area (Å²) in [5.74, 6) is 2.34. The first-order chi connectivity index (χ1) is 12.8. The van der Waals surface area contributed by atoms with Gasteiger partial charge in [0, 0.05) is 17.7 Å². The van der Waals surface area contributed by atoms with Crippen LogP contribution >= 0.6 is 0 Å². The Bertz CT molecular complexity index is 911. The first kappa shape index (κ1) is 16.8. The number of rotatable bonds is 5. The summed E-state index contributed by atoms with van der Waals surface area (Å²) in [6.45, 7) is 2.41. The Balaban J connectivity index is 1.75. The number of ether oxygens (including phenoxy) is 1. The third kappa shape index (κ3) is 2.99. The molecule has 1 aliphatic rings. The molecule has 5 nitrogen and oxygen atoms in total. The van der Waals surface area contributed by atoms with Crippen molar-refractivity contribution in [3.05, 3.63) is 54.5 Å². The highest BCUT2D eigenvalue weighted by atomic mass is 16.5. The molecule has 3 heterocycles. The maximum absolute atomic E-state index is 10.8. The molecule has 1 aliphatic heterocycles. The van der Waals surface area contributed by atoms with Gasteiger partial charge in [0.1, 0.15) is 23.6 Å². The molecule has 1 aromatic carbocycles. The van der Waals surface area contributed by atoms with Crippen molar-refractivity contribution in [3.8, 4) is 17.0 Å². The number of imidazole rings is 1. The molecule has 3 aromatic rings. The second-order valence-electron chi connectivity index (χ2n) is 6.72. The van der Waals surface area contributed by atoms with E-state index in [-0.39, 0.29) is 0 Å². The van der Waals surface area contributed by atoms with Crippen molar-refractivity contribution in [1.29, 1.82) is 0 Å². The van der Waals surface area contributed by atoms with Gasteiger partial charge in [-0.25, -0.2) is 4.98 Å². The van der Waals surface area contributed by atoms with Crippen LogP contribution in [0.15, 0.2) is 48.7 Å². The molecule has 0 atom stereocenters. The lowest BCUT2D eigenvalue weighted by Crippen LogP contribution is -2.34. The normalized spacial score (nSPS) is 16.0. The van der Waals surface area contributed by atoms with Gasteiger partial charge in [0.05, 0.1) is 19.2 Å². The van der Waals surface area contributed by atoms with Crippen LogP contribution < -0.4 is 4.74 Å². The summed E-state index contributed by atoms with van der Waals surface area (Å²) in [6.07, 6.45) is 5.12. The summed E-state index contributed by atoms with van der Waals surface area (Å²) in [5.41, 5.74) is 3.08. The molecule has 0 bridgehead atoms. The number of carbonyl (C=O) groups excluding carboxylic acids is 1. The van der Waals surface area contributed by atoms with Crippen LogP contribution in [0.2, 0.25) is 0 Å². The monoisotopic (exact) mass is 349 g/mol. The zero-order valence-electron chi connectivity index (χ0n) is 15.0. The maximum atomic E-state index is 10.8. The van der Waals surface area contributed by atoms with E-state index in [0.29, 0.717) is 12.5 Å². The summed E-state index contributed by atoms with van der Waals surface area (Å²) in [7, 11) is 1.70. The van der Waals surface area contributed by atoms with Crippen LogP contribution in [0.3, 0.4) is 0 Å². The minimum atomic E-state index is 0.399. The van der Waals surface area contributed by atoms with Crippen LogP contribution in [-0.4, -0.2) is 47.3 Å². The van der Waals surface area contributed by atoms with Crippen LogP contribution in [0.5, 0.6) is 5.75 Å². The van der Waals surface area contributed by atoms with Gasteiger partial charge in [0.15, 0.2) is 0 Å². The Hall–Kier alpha value is -2.66. The minimum Gasteiger partial charge on any atom is -0.496 e. The molecular formula is C21H23N3O2. The molecule has 5 heteroatoms. The topological polar surface area (TPSA) is 46.8 Å². The molecule has 0 unspecified atom stereocenters. The van der Waals surface area contributed by atoms with E-state index < -0.39 is 0 Å². The molecule has 0 amide bonds. The summed E-state index contributed by atoms with van der Waals surface area (Å²) < 4.78 is 7.77. The molecule has 0 spiro atoms. The number of aromatic nitrogens is 2. The molecule has 4 rings (SSSR count). The number of piperidine rings is 1. The number of hydrogen-bond donors (Lipinski definition) is 0. The fourth-order valence-electron chi connectivity index (χ4n) is 3.87. The zero-order valence-corrected chi connectivity index (χ0v) is 15.0. The summed E-state index contributed by atoms with van der Waals surface area (Å²) in [5, 5.41) is 0. The standard InChI is InChI=1S/C21H23N3O2/c1-26-19-8-3-2-6-17(19)20-18-7-4-5-11-24(18)21(22-20)16-9-12-23(13-10-16)14-15-25/h2-8,11,15-16H,9-10,12-14H2,1H3. The van der Waals surface area contributed by atoms with Crippen LogP contribution in [0, 0.1) is 0 Å². The van der Waals surface area contributed by atoms with Gasteiger partial charge in [-0.3, -0.25) is 4.90 Å². The molecule has 1 fully saturated rings. The van der Waals surface area contributed by atoms with E-state index >= 15 is 0 Å². The minimum absolute atomic E-state index is 0.399. The van der Waals surface area contributed by atoms with Crippen LogP contribution in [0.25, 0.3) is 16.8 Å². The number of hydrogen-bond acceptors (Lipinski definition) is 4. The summed E-state index contributed by atoms with van der Waals surface area (Å²) >= 11 is 0. The second-order valence-corrected chi connectivity index (χ2v) is 6.72. The van der Waals surface area contributed by atoms with Crippen molar-refractivity contribution in [2.24, 2.45) is 0 Å². The molecule has 0 saturated carbocycles. The molecule has 134 valence electrons. The summed E-state index contributed by atoms with van der Waals surface area (Å²) in [4.78, 5) is 18.0. The van der Waals surface area contributed by atoms with E-state index in [9.17, 15) is 4.79 Å². The Morgan fingerprint density at radius 1 is 1.15 bits per heavy atom. The average Bonchev–Trinajstić information content (AvgIpc) is 3.08. The third-order valence-corrected chi connectivity index (χ3v) is 5.22. The third-order valence-electron chi connectivity index (χ3n) is 5.22. The molecule has 26 heavy (non-hydrogen) atoms. The fraction of sp³-hybridized carbons (Fsp3) is 0.333. The van der Waals surface area contributed by atoms with Gasteiger partial charge in [-0.1, -0.05) is 18.2 Å². The Morgan fingerprint density at radius 2 is 1.92 bits per heavy atom. The molecule has 0 N–H and O–H groups in total. The van der Waals surface area contributed by atoms with Crippen LogP contribution in [-0.2, 0) is 4.79 Å². The first-order valence-electron chi connectivity index (χ1n) is 9.08. The van der Waals surface area contributed by atoms with Crippen molar-refractivity contribution >= 4 is 11.8 Å². The first-order valence-corrected chi connectivity index (χ1v) is 9.08. The Kier molecular flexibility index (Phi) is 4.71. The predicted octanol–water partition coefficient (Wildman–Crippen LogP) is 3.39. The largest absolute Gasteiger partial charge is 0.496 e. The van der Waals surface area contributed by atoms with Gasteiger partial charge in [-0.2, -0.15) is 0 Å². The van der Waals surface area contributed by atoms with Crippen molar-refractivity contribution < 1.29 is 9.53 Å². The molecule has 0 aliphatic carbocycles. The number of para-hydroxylation sites is 1. The quantitative estimate of drug-likeness (QED) is 0.663. The maximum Gasteiger partial charge on any atom is 0.133 e. The van der Waals surface area contributed by atoms with Gasteiger partial charge < -0.3 is 13.9 Å². The highest BCUT2D eigenvalue weighted by Gasteiger charge is 2.25. The Morgan fingerprint density at radius 3 is 2.69 bits per heavy atom. The number of methoxy groups -OCH3 is 1. The number of fused-ring (bicyclic) bond motifs is 1. The van der Waals surface area contributed by atoms with Crippen molar-refractivity contribution in [2.75, 3.05) is 26.7 Å². The number of benzene rings is 1. The number of carbonyl (C=O) groups is 1. The van der Waals surface area contributed by atoms with Gasteiger partial charge >= 0.3 is 0 Å². The van der Waals surface area contributed by atoms with Gasteiger partial charge in [0.25, 0.3) is 0 Å². The number of nitrogens with zero attached hydrogens (tertiary/aromatic N) is 3. The summed E-state index contributed by atoms with van der Waals surface area (Å²) in [6, 6.07) is 14.2. The number of aldehydes is 1. The van der Waals surface area contributed by atoms with Gasteiger partial charge in [0.2, 0.25) is 0 Å². The van der Waals surface area contributed by atoms with E-state index in [0.717, 1.165) is 60.6 Å². The van der Waals surface area contributed by atoms with E-state index in [4.69, 9.17) is 9.72 Å². The van der Waals surface area contributed by atoms with Crippen LogP contribution in [0.4, 0.5) is 0 Å². The SMILES string of the molecule is COc1ccccc1-c1nc(C2CCN(CC=O)CC2)n2ccccc12. The molecular weight excluding hydrogens is 326 g/mol. The fourth-order valence-corrected chi connectivity index (χ4v) is 3.87. The van der Waals surface area contributed by atoms with E-state index in [1.54, 1.807) is 7.11 Å². The van der Waals surface area contributed by atoms with Crippen molar-refractivity contribution in [2.45, 2.75) is 18.8 Å². The number of pyridine rings is 1. The van der Waals surface area contributed by atoms with E-state index in [2.05, 4.69) is 27.6 Å². The smallest absolute Gasteiger partial charge is 0.133 e. The lowest BCUT2D eigenvalue weighted by atomic mass is 9.96. The predicted molar refractivity (Wildman–Crippen MR) is 102 cm³/mol. The Labute approximate surface area is 153 Å². The van der Waals surface area contributed by atoms with E-state index in [1.165, 1.54) is 0 Å². The van der Waals surface area contributed by atoms with Crippen molar-refractivity contribution in [1.82, 2.24) is 14.3 Å². The van der Waals surface area contributed by atoms with Gasteiger partial charge in [-0.05, 0) is 50.2 Å².